The Morgan fingerprint density at radius 1 is 0.923 bits per heavy atom. The minimum atomic E-state index is -0.321. The van der Waals surface area contributed by atoms with E-state index in [1.165, 1.54) is 18.9 Å². The van der Waals surface area contributed by atoms with Gasteiger partial charge in [0.2, 0.25) is 0 Å². The summed E-state index contributed by atoms with van der Waals surface area (Å²) in [6.45, 7) is 3.62. The maximum Gasteiger partial charge on any atom is 0.181 e. The maximum absolute atomic E-state index is 14.7. The van der Waals surface area contributed by atoms with Gasteiger partial charge >= 0.3 is 0 Å². The lowest BCUT2D eigenvalue weighted by atomic mass is 10.0. The summed E-state index contributed by atoms with van der Waals surface area (Å²) >= 11 is 0. The molecule has 0 bridgehead atoms. The van der Waals surface area contributed by atoms with E-state index in [4.69, 9.17) is 4.74 Å². The van der Waals surface area contributed by atoms with E-state index in [2.05, 4.69) is 41.1 Å². The number of aromatic amines is 2. The molecule has 0 aliphatic carbocycles. The van der Waals surface area contributed by atoms with Gasteiger partial charge in [0.1, 0.15) is 18.2 Å². The lowest BCUT2D eigenvalue weighted by molar-refractivity contribution is 0.237. The number of hydrogen-bond acceptors (Lipinski definition) is 6. The predicted molar refractivity (Wildman–Crippen MR) is 149 cm³/mol. The molecule has 0 radical (unpaired) electrons. The third-order valence-corrected chi connectivity index (χ3v) is 7.26. The Labute approximate surface area is 223 Å². The number of likely N-dealkylation sites (tertiary alicyclic amines) is 1. The number of benzene rings is 2. The highest BCUT2D eigenvalue weighted by atomic mass is 19.1. The first-order valence-corrected chi connectivity index (χ1v) is 13.1. The molecule has 39 heavy (non-hydrogen) atoms. The molecule has 0 atom stereocenters. The molecule has 0 amide bonds. The summed E-state index contributed by atoms with van der Waals surface area (Å²) < 4.78 is 20.7. The molecule has 0 saturated carbocycles. The Hall–Kier alpha value is -4.63. The molecule has 1 aliphatic heterocycles. The molecule has 5 heterocycles. The van der Waals surface area contributed by atoms with Crippen LogP contribution in [0.15, 0.2) is 73.3 Å². The molecule has 194 valence electrons. The van der Waals surface area contributed by atoms with Crippen molar-refractivity contribution in [1.82, 2.24) is 35.0 Å². The van der Waals surface area contributed by atoms with Crippen LogP contribution in [0.2, 0.25) is 0 Å². The Balaban J connectivity index is 1.23. The van der Waals surface area contributed by atoms with Crippen LogP contribution in [0, 0.1) is 5.82 Å². The molecule has 0 spiro atoms. The summed E-state index contributed by atoms with van der Waals surface area (Å²) in [4.78, 5) is 18.9. The zero-order chi connectivity index (χ0) is 26.2. The van der Waals surface area contributed by atoms with Gasteiger partial charge in [-0.05, 0) is 67.4 Å². The standard InChI is InChI=1S/C30H26FN7O/c31-21-12-19(13-22(15-21)39-11-10-38-8-1-2-9-38)23-4-3-5-26-24(23)16-27(35-26)29-25-14-20(17-34-30(25)37-36-29)28-18-32-6-7-33-28/h3-7,12-18,35H,1-2,8-11H2,(H,34,36,37). The lowest BCUT2D eigenvalue weighted by Gasteiger charge is -2.15. The van der Waals surface area contributed by atoms with Gasteiger partial charge in [0.25, 0.3) is 0 Å². The highest BCUT2D eigenvalue weighted by Crippen LogP contribution is 2.36. The van der Waals surface area contributed by atoms with Crippen molar-refractivity contribution >= 4 is 21.9 Å². The molecular formula is C30H26FN7O. The monoisotopic (exact) mass is 519 g/mol. The quantitative estimate of drug-likeness (QED) is 0.275. The number of ether oxygens (including phenoxy) is 1. The fourth-order valence-corrected chi connectivity index (χ4v) is 5.34. The number of H-pyrrole nitrogens is 2. The molecule has 6 aromatic rings. The van der Waals surface area contributed by atoms with E-state index in [0.29, 0.717) is 18.0 Å². The van der Waals surface area contributed by atoms with E-state index in [1.807, 2.05) is 30.3 Å². The van der Waals surface area contributed by atoms with Crippen LogP contribution in [-0.2, 0) is 0 Å². The second-order valence-corrected chi connectivity index (χ2v) is 9.81. The SMILES string of the molecule is Fc1cc(OCCN2CCCC2)cc(-c2cccc3[nH]c(-c4[nH]nc5ncc(-c6cnccn6)cc45)cc23)c1. The molecule has 9 heteroatoms. The third-order valence-electron chi connectivity index (χ3n) is 7.26. The molecule has 2 N–H and O–H groups in total. The first-order chi connectivity index (χ1) is 19.2. The topological polar surface area (TPSA) is 95.6 Å². The molecule has 1 saturated heterocycles. The van der Waals surface area contributed by atoms with Crippen LogP contribution in [0.3, 0.4) is 0 Å². The average molecular weight is 520 g/mol. The minimum absolute atomic E-state index is 0.321. The van der Waals surface area contributed by atoms with E-state index in [1.54, 1.807) is 30.9 Å². The average Bonchev–Trinajstić information content (AvgIpc) is 3.72. The van der Waals surface area contributed by atoms with E-state index in [9.17, 15) is 4.39 Å². The van der Waals surface area contributed by atoms with Crippen molar-refractivity contribution in [1.29, 1.82) is 0 Å². The van der Waals surface area contributed by atoms with Gasteiger partial charge in [-0.3, -0.25) is 20.0 Å². The number of aromatic nitrogens is 6. The van der Waals surface area contributed by atoms with Crippen LogP contribution < -0.4 is 4.74 Å². The van der Waals surface area contributed by atoms with Gasteiger partial charge in [0.15, 0.2) is 5.65 Å². The van der Waals surface area contributed by atoms with Crippen LogP contribution in [0.1, 0.15) is 12.8 Å². The van der Waals surface area contributed by atoms with Crippen molar-refractivity contribution in [3.8, 4) is 39.5 Å². The van der Waals surface area contributed by atoms with Crippen molar-refractivity contribution in [2.75, 3.05) is 26.2 Å². The largest absolute Gasteiger partial charge is 0.492 e. The minimum Gasteiger partial charge on any atom is -0.492 e. The van der Waals surface area contributed by atoms with Crippen LogP contribution in [0.4, 0.5) is 4.39 Å². The van der Waals surface area contributed by atoms with E-state index in [-0.39, 0.29) is 5.82 Å². The molecule has 4 aromatic heterocycles. The summed E-state index contributed by atoms with van der Waals surface area (Å²) in [5, 5.41) is 9.37. The number of hydrogen-bond donors (Lipinski definition) is 2. The zero-order valence-electron chi connectivity index (χ0n) is 21.2. The summed E-state index contributed by atoms with van der Waals surface area (Å²) in [6, 6.07) is 15.0. The molecule has 1 fully saturated rings. The highest BCUT2D eigenvalue weighted by molar-refractivity contribution is 6.01. The molecule has 1 aliphatic rings. The summed E-state index contributed by atoms with van der Waals surface area (Å²) in [6.07, 6.45) is 9.23. The first kappa shape index (κ1) is 23.5. The van der Waals surface area contributed by atoms with E-state index >= 15 is 0 Å². The lowest BCUT2D eigenvalue weighted by Crippen LogP contribution is -2.25. The smallest absolute Gasteiger partial charge is 0.181 e. The first-order valence-electron chi connectivity index (χ1n) is 13.1. The van der Waals surface area contributed by atoms with E-state index < -0.39 is 0 Å². The molecular weight excluding hydrogens is 493 g/mol. The van der Waals surface area contributed by atoms with Gasteiger partial charge in [0.05, 0.1) is 23.3 Å². The van der Waals surface area contributed by atoms with Crippen molar-refractivity contribution in [2.45, 2.75) is 12.8 Å². The molecule has 7 rings (SSSR count). The fourth-order valence-electron chi connectivity index (χ4n) is 5.34. The Morgan fingerprint density at radius 2 is 1.85 bits per heavy atom. The second-order valence-electron chi connectivity index (χ2n) is 9.81. The number of pyridine rings is 1. The van der Waals surface area contributed by atoms with Crippen molar-refractivity contribution in [3.05, 3.63) is 79.1 Å². The third kappa shape index (κ3) is 4.61. The van der Waals surface area contributed by atoms with Crippen LogP contribution in [0.25, 0.3) is 55.7 Å². The number of fused-ring (bicyclic) bond motifs is 2. The molecule has 2 aromatic carbocycles. The highest BCUT2D eigenvalue weighted by Gasteiger charge is 2.16. The van der Waals surface area contributed by atoms with Crippen molar-refractivity contribution < 1.29 is 9.13 Å². The summed E-state index contributed by atoms with van der Waals surface area (Å²) in [5.41, 5.74) is 6.49. The predicted octanol–water partition coefficient (Wildman–Crippen LogP) is 5.84. The molecule has 0 unspecified atom stereocenters. The van der Waals surface area contributed by atoms with Gasteiger partial charge in [-0.15, -0.1) is 0 Å². The van der Waals surface area contributed by atoms with Gasteiger partial charge in [-0.1, -0.05) is 12.1 Å². The second kappa shape index (κ2) is 9.92. The summed E-state index contributed by atoms with van der Waals surface area (Å²) in [7, 11) is 0. The van der Waals surface area contributed by atoms with Crippen molar-refractivity contribution in [3.63, 3.8) is 0 Å². The Kier molecular flexibility index (Phi) is 5.97. The Bertz CT molecular complexity index is 1770. The fraction of sp³-hybridized carbons (Fsp3) is 0.200. The Morgan fingerprint density at radius 3 is 2.72 bits per heavy atom. The summed E-state index contributed by atoms with van der Waals surface area (Å²) in [5.74, 6) is 0.220. The van der Waals surface area contributed by atoms with Gasteiger partial charge in [0, 0.05) is 53.1 Å². The van der Waals surface area contributed by atoms with Crippen LogP contribution in [0.5, 0.6) is 5.75 Å². The number of rotatable bonds is 7. The maximum atomic E-state index is 14.7. The van der Waals surface area contributed by atoms with E-state index in [0.717, 1.165) is 69.7 Å². The van der Waals surface area contributed by atoms with Crippen molar-refractivity contribution in [2.24, 2.45) is 0 Å². The van der Waals surface area contributed by atoms with Gasteiger partial charge in [-0.2, -0.15) is 5.10 Å². The normalized spacial score (nSPS) is 14.0. The zero-order valence-corrected chi connectivity index (χ0v) is 21.2. The van der Waals surface area contributed by atoms with Gasteiger partial charge < -0.3 is 9.72 Å². The number of halogens is 1. The number of nitrogens with zero attached hydrogens (tertiary/aromatic N) is 5. The number of nitrogens with one attached hydrogen (secondary N) is 2. The van der Waals surface area contributed by atoms with Gasteiger partial charge in [-0.25, -0.2) is 9.37 Å². The van der Waals surface area contributed by atoms with Crippen LogP contribution >= 0.6 is 0 Å². The van der Waals surface area contributed by atoms with Crippen LogP contribution in [-0.4, -0.2) is 61.3 Å². The molecule has 8 nitrogen and oxygen atoms in total.